The first-order valence-electron chi connectivity index (χ1n) is 7.99. The molecule has 0 amide bonds. The molecule has 7 heteroatoms. The Morgan fingerprint density at radius 3 is 2.50 bits per heavy atom. The summed E-state index contributed by atoms with van der Waals surface area (Å²) in [6.07, 6.45) is 0. The lowest BCUT2D eigenvalue weighted by Crippen LogP contribution is -2.13. The van der Waals surface area contributed by atoms with E-state index in [0.717, 1.165) is 0 Å². The molecular formula is C19H19ClO6. The second-order valence-corrected chi connectivity index (χ2v) is 5.68. The van der Waals surface area contributed by atoms with Crippen molar-refractivity contribution in [3.05, 3.63) is 52.5 Å². The Hall–Kier alpha value is -2.73. The average molecular weight is 379 g/mol. The zero-order valence-electron chi connectivity index (χ0n) is 14.5. The second kappa shape index (κ2) is 9.10. The quantitative estimate of drug-likeness (QED) is 0.426. The Labute approximate surface area is 156 Å². The van der Waals surface area contributed by atoms with Gasteiger partial charge in [0.1, 0.15) is 19.0 Å². The van der Waals surface area contributed by atoms with Gasteiger partial charge in [0, 0.05) is 0 Å². The number of ether oxygens (including phenoxy) is 3. The highest BCUT2D eigenvalue weighted by Gasteiger charge is 2.15. The molecule has 1 N–H and O–H groups in total. The summed E-state index contributed by atoms with van der Waals surface area (Å²) >= 11 is 5.89. The summed E-state index contributed by atoms with van der Waals surface area (Å²) in [5, 5.41) is 9.78. The minimum atomic E-state index is -0.628. The normalized spacial score (nSPS) is 10.3. The predicted molar refractivity (Wildman–Crippen MR) is 96.5 cm³/mol. The van der Waals surface area contributed by atoms with Gasteiger partial charge in [0.25, 0.3) is 0 Å². The molecule has 0 radical (unpaired) electrons. The molecule has 0 aliphatic rings. The van der Waals surface area contributed by atoms with Gasteiger partial charge in [-0.25, -0.2) is 4.79 Å². The van der Waals surface area contributed by atoms with Crippen LogP contribution in [-0.4, -0.2) is 36.7 Å². The third-order valence-electron chi connectivity index (χ3n) is 3.40. The molecule has 0 atom stereocenters. The number of phenolic OH excluding ortho intramolecular Hbond substituents is 1. The lowest BCUT2D eigenvalue weighted by Gasteiger charge is -2.11. The zero-order valence-corrected chi connectivity index (χ0v) is 15.2. The van der Waals surface area contributed by atoms with Crippen LogP contribution in [0, 0.1) is 0 Å². The van der Waals surface area contributed by atoms with Gasteiger partial charge >= 0.3 is 5.97 Å². The van der Waals surface area contributed by atoms with Crippen molar-refractivity contribution in [2.24, 2.45) is 0 Å². The number of esters is 1. The number of carbonyl (C=O) groups excluding carboxylic acids is 2. The third kappa shape index (κ3) is 4.89. The van der Waals surface area contributed by atoms with Crippen LogP contribution < -0.4 is 9.47 Å². The SMILES string of the molecule is CCOc1cc(C(=O)OCCOc2ccccc2C(C)=O)cc(Cl)c1O. The van der Waals surface area contributed by atoms with Gasteiger partial charge in [-0.05, 0) is 38.1 Å². The Balaban J connectivity index is 1.95. The van der Waals surface area contributed by atoms with E-state index >= 15 is 0 Å². The summed E-state index contributed by atoms with van der Waals surface area (Å²) in [6, 6.07) is 9.49. The van der Waals surface area contributed by atoms with E-state index in [-0.39, 0.29) is 41.1 Å². The first-order valence-corrected chi connectivity index (χ1v) is 8.37. The zero-order chi connectivity index (χ0) is 19.1. The van der Waals surface area contributed by atoms with E-state index in [1.54, 1.807) is 31.2 Å². The van der Waals surface area contributed by atoms with Crippen LogP contribution in [0.1, 0.15) is 34.6 Å². The molecule has 0 aliphatic heterocycles. The number of rotatable bonds is 8. The lowest BCUT2D eigenvalue weighted by molar-refractivity contribution is 0.0448. The largest absolute Gasteiger partial charge is 0.503 e. The van der Waals surface area contributed by atoms with Crippen LogP contribution in [0.5, 0.6) is 17.2 Å². The Kier molecular flexibility index (Phi) is 6.86. The fraction of sp³-hybridized carbons (Fsp3) is 0.263. The molecule has 0 spiro atoms. The van der Waals surface area contributed by atoms with E-state index in [4.69, 9.17) is 25.8 Å². The van der Waals surface area contributed by atoms with Gasteiger partial charge in [0.2, 0.25) is 0 Å². The Morgan fingerprint density at radius 1 is 1.08 bits per heavy atom. The van der Waals surface area contributed by atoms with Crippen molar-refractivity contribution < 1.29 is 28.9 Å². The van der Waals surface area contributed by atoms with Gasteiger partial charge in [-0.1, -0.05) is 23.7 Å². The molecule has 0 bridgehead atoms. The van der Waals surface area contributed by atoms with Crippen molar-refractivity contribution in [3.8, 4) is 17.2 Å². The summed E-state index contributed by atoms with van der Waals surface area (Å²) in [5.41, 5.74) is 0.617. The molecule has 0 aliphatic carbocycles. The summed E-state index contributed by atoms with van der Waals surface area (Å²) in [7, 11) is 0. The average Bonchev–Trinajstić information content (AvgIpc) is 2.62. The van der Waals surface area contributed by atoms with Gasteiger partial charge in [0.05, 0.1) is 22.8 Å². The Bertz CT molecular complexity index is 803. The molecular weight excluding hydrogens is 360 g/mol. The molecule has 0 saturated carbocycles. The number of carbonyl (C=O) groups is 2. The maximum Gasteiger partial charge on any atom is 0.338 e. The fourth-order valence-electron chi connectivity index (χ4n) is 2.21. The first kappa shape index (κ1) is 19.6. The van der Waals surface area contributed by atoms with Crippen LogP contribution in [0.25, 0.3) is 0 Å². The van der Waals surface area contributed by atoms with E-state index < -0.39 is 5.97 Å². The van der Waals surface area contributed by atoms with Crippen LogP contribution in [0.3, 0.4) is 0 Å². The number of phenols is 1. The smallest absolute Gasteiger partial charge is 0.338 e. The first-order chi connectivity index (χ1) is 12.4. The molecule has 6 nitrogen and oxygen atoms in total. The summed E-state index contributed by atoms with van der Waals surface area (Å²) in [5.74, 6) is -0.425. The highest BCUT2D eigenvalue weighted by atomic mass is 35.5. The topological polar surface area (TPSA) is 82.1 Å². The van der Waals surface area contributed by atoms with E-state index in [2.05, 4.69) is 0 Å². The van der Waals surface area contributed by atoms with Crippen LogP contribution in [-0.2, 0) is 4.74 Å². The number of hydrogen-bond acceptors (Lipinski definition) is 6. The van der Waals surface area contributed by atoms with Crippen molar-refractivity contribution in [2.45, 2.75) is 13.8 Å². The van der Waals surface area contributed by atoms with Crippen LogP contribution in [0.4, 0.5) is 0 Å². The molecule has 138 valence electrons. The van der Waals surface area contributed by atoms with Gasteiger partial charge in [-0.3, -0.25) is 4.79 Å². The molecule has 0 unspecified atom stereocenters. The number of benzene rings is 2. The van der Waals surface area contributed by atoms with Crippen LogP contribution in [0.15, 0.2) is 36.4 Å². The van der Waals surface area contributed by atoms with Crippen LogP contribution in [0.2, 0.25) is 5.02 Å². The molecule has 26 heavy (non-hydrogen) atoms. The van der Waals surface area contributed by atoms with Crippen molar-refractivity contribution in [1.82, 2.24) is 0 Å². The molecule has 0 aromatic heterocycles. The van der Waals surface area contributed by atoms with Crippen molar-refractivity contribution in [3.63, 3.8) is 0 Å². The molecule has 0 heterocycles. The maximum absolute atomic E-state index is 12.1. The molecule has 0 fully saturated rings. The van der Waals surface area contributed by atoms with E-state index in [0.29, 0.717) is 17.9 Å². The van der Waals surface area contributed by atoms with Crippen molar-refractivity contribution in [1.29, 1.82) is 0 Å². The minimum absolute atomic E-state index is 0.00506. The van der Waals surface area contributed by atoms with E-state index in [9.17, 15) is 14.7 Å². The molecule has 2 aromatic carbocycles. The number of aromatic hydroxyl groups is 1. The summed E-state index contributed by atoms with van der Waals surface area (Å²) in [6.45, 7) is 3.57. The minimum Gasteiger partial charge on any atom is -0.503 e. The van der Waals surface area contributed by atoms with Crippen molar-refractivity contribution in [2.75, 3.05) is 19.8 Å². The van der Waals surface area contributed by atoms with Gasteiger partial charge < -0.3 is 19.3 Å². The number of Topliss-reactive ketones (excluding diaryl/α,β-unsaturated/α-hetero) is 1. The molecule has 0 saturated heterocycles. The number of para-hydroxylation sites is 1. The highest BCUT2D eigenvalue weighted by molar-refractivity contribution is 6.32. The standard InChI is InChI=1S/C19H19ClO6/c1-3-24-17-11-13(10-15(20)18(17)22)19(23)26-9-8-25-16-7-5-4-6-14(16)12(2)21/h4-7,10-11,22H,3,8-9H2,1-2H3. The number of halogens is 1. The third-order valence-corrected chi connectivity index (χ3v) is 3.69. The monoisotopic (exact) mass is 378 g/mol. The fourth-order valence-corrected chi connectivity index (χ4v) is 2.42. The van der Waals surface area contributed by atoms with E-state index in [1.807, 2.05) is 0 Å². The predicted octanol–water partition coefficient (Wildman–Crippen LogP) is 3.88. The Morgan fingerprint density at radius 2 is 1.81 bits per heavy atom. The number of ketones is 1. The highest BCUT2D eigenvalue weighted by Crippen LogP contribution is 2.35. The summed E-state index contributed by atoms with van der Waals surface area (Å²) in [4.78, 5) is 23.7. The van der Waals surface area contributed by atoms with Gasteiger partial charge in [0.15, 0.2) is 17.3 Å². The van der Waals surface area contributed by atoms with E-state index in [1.165, 1.54) is 19.1 Å². The number of hydrogen-bond donors (Lipinski definition) is 1. The van der Waals surface area contributed by atoms with Crippen LogP contribution >= 0.6 is 11.6 Å². The van der Waals surface area contributed by atoms with Gasteiger partial charge in [-0.15, -0.1) is 0 Å². The lowest BCUT2D eigenvalue weighted by atomic mass is 10.1. The molecule has 2 aromatic rings. The van der Waals surface area contributed by atoms with Crippen molar-refractivity contribution >= 4 is 23.4 Å². The maximum atomic E-state index is 12.1. The summed E-state index contributed by atoms with van der Waals surface area (Å²) < 4.78 is 15.9. The van der Waals surface area contributed by atoms with Gasteiger partial charge in [-0.2, -0.15) is 0 Å². The second-order valence-electron chi connectivity index (χ2n) is 5.27. The molecule has 2 rings (SSSR count).